The molecular weight excluding hydrogens is 261 g/mol. The first-order valence-electron chi connectivity index (χ1n) is 4.56. The first-order valence-corrected chi connectivity index (χ1v) is 4.94. The van der Waals surface area contributed by atoms with Crippen LogP contribution < -0.4 is 4.74 Å². The molecule has 0 amide bonds. The van der Waals surface area contributed by atoms with Gasteiger partial charge in [-0.25, -0.2) is 9.18 Å². The quantitative estimate of drug-likeness (QED) is 0.786. The summed E-state index contributed by atoms with van der Waals surface area (Å²) in [5.74, 6) is -2.67. The Balaban J connectivity index is 3.09. The van der Waals surface area contributed by atoms with E-state index in [2.05, 4.69) is 9.47 Å². The van der Waals surface area contributed by atoms with Gasteiger partial charge in [0.15, 0.2) is 11.6 Å². The van der Waals surface area contributed by atoms with E-state index in [1.54, 1.807) is 6.92 Å². The Morgan fingerprint density at radius 3 is 2.65 bits per heavy atom. The van der Waals surface area contributed by atoms with Crippen molar-refractivity contribution in [3.63, 3.8) is 0 Å². The molecule has 7 heteroatoms. The van der Waals surface area contributed by atoms with E-state index in [0.29, 0.717) is 6.07 Å². The molecule has 94 valence electrons. The predicted octanol–water partition coefficient (Wildman–Crippen LogP) is 3.26. The zero-order chi connectivity index (χ0) is 13.0. The average molecular weight is 269 g/mol. The van der Waals surface area contributed by atoms with Crippen LogP contribution in [0.25, 0.3) is 0 Å². The van der Waals surface area contributed by atoms with Crippen molar-refractivity contribution in [2.75, 3.05) is 6.61 Å². The van der Waals surface area contributed by atoms with Gasteiger partial charge in [0.25, 0.3) is 0 Å². The fourth-order valence-corrected chi connectivity index (χ4v) is 1.31. The summed E-state index contributed by atoms with van der Waals surface area (Å²) in [6, 6.07) is 1.49. The zero-order valence-corrected chi connectivity index (χ0v) is 9.43. The molecule has 0 radical (unpaired) electrons. The van der Waals surface area contributed by atoms with Crippen LogP contribution in [-0.2, 0) is 4.74 Å². The van der Waals surface area contributed by atoms with Crippen molar-refractivity contribution in [3.05, 3.63) is 28.5 Å². The van der Waals surface area contributed by atoms with Gasteiger partial charge in [-0.15, -0.1) is 0 Å². The molecule has 1 rings (SSSR count). The third-order valence-electron chi connectivity index (χ3n) is 1.73. The van der Waals surface area contributed by atoms with E-state index in [1.807, 2.05) is 0 Å². The molecule has 0 bridgehead atoms. The van der Waals surface area contributed by atoms with Crippen LogP contribution in [0, 0.1) is 5.82 Å². The number of esters is 1. The van der Waals surface area contributed by atoms with Crippen LogP contribution in [0.2, 0.25) is 5.02 Å². The van der Waals surface area contributed by atoms with Crippen LogP contribution in [0.3, 0.4) is 0 Å². The number of hydrogen-bond acceptors (Lipinski definition) is 3. The Labute approximate surface area is 100 Å². The maximum atomic E-state index is 13.1. The van der Waals surface area contributed by atoms with E-state index in [1.165, 1.54) is 0 Å². The molecule has 17 heavy (non-hydrogen) atoms. The topological polar surface area (TPSA) is 35.5 Å². The van der Waals surface area contributed by atoms with E-state index in [4.69, 9.17) is 11.6 Å². The summed E-state index contributed by atoms with van der Waals surface area (Å²) in [4.78, 5) is 11.3. The number of rotatable bonds is 4. The second-order valence-electron chi connectivity index (χ2n) is 2.86. The molecule has 3 nitrogen and oxygen atoms in total. The van der Waals surface area contributed by atoms with Crippen LogP contribution in [0.5, 0.6) is 5.75 Å². The van der Waals surface area contributed by atoms with Crippen molar-refractivity contribution in [1.82, 2.24) is 0 Å². The summed E-state index contributed by atoms with van der Waals surface area (Å²) >= 11 is 5.58. The molecule has 0 fully saturated rings. The molecular formula is C10H8ClF3O3. The van der Waals surface area contributed by atoms with E-state index in [0.717, 1.165) is 6.07 Å². The first-order chi connectivity index (χ1) is 7.95. The van der Waals surface area contributed by atoms with Crippen LogP contribution in [0.15, 0.2) is 12.1 Å². The predicted molar refractivity (Wildman–Crippen MR) is 54.0 cm³/mol. The summed E-state index contributed by atoms with van der Waals surface area (Å²) in [5.41, 5.74) is -0.231. The van der Waals surface area contributed by atoms with E-state index >= 15 is 0 Å². The van der Waals surface area contributed by atoms with Crippen LogP contribution >= 0.6 is 11.6 Å². The summed E-state index contributed by atoms with van der Waals surface area (Å²) in [5, 5.41) is -0.234. The minimum atomic E-state index is -3.19. The highest BCUT2D eigenvalue weighted by atomic mass is 35.5. The second kappa shape index (κ2) is 5.77. The van der Waals surface area contributed by atoms with Gasteiger partial charge >= 0.3 is 12.6 Å². The lowest BCUT2D eigenvalue weighted by molar-refractivity contribution is -0.0522. The van der Waals surface area contributed by atoms with Gasteiger partial charge in [-0.2, -0.15) is 8.78 Å². The van der Waals surface area contributed by atoms with Crippen LogP contribution in [-0.4, -0.2) is 19.2 Å². The normalized spacial score (nSPS) is 10.5. The highest BCUT2D eigenvalue weighted by Crippen LogP contribution is 2.27. The number of halogens is 4. The number of alkyl halides is 2. The van der Waals surface area contributed by atoms with Gasteiger partial charge in [0, 0.05) is 0 Å². The summed E-state index contributed by atoms with van der Waals surface area (Å²) in [6.07, 6.45) is 0. The van der Waals surface area contributed by atoms with E-state index in [9.17, 15) is 18.0 Å². The minimum Gasteiger partial charge on any atom is -0.462 e. The third kappa shape index (κ3) is 3.52. The third-order valence-corrected chi connectivity index (χ3v) is 2.05. The van der Waals surface area contributed by atoms with Crippen molar-refractivity contribution < 1.29 is 27.4 Å². The molecule has 0 atom stereocenters. The number of ether oxygens (including phenoxy) is 2. The molecule has 0 saturated heterocycles. The zero-order valence-electron chi connectivity index (χ0n) is 8.68. The summed E-state index contributed by atoms with van der Waals surface area (Å²) in [6.45, 7) is -1.55. The molecule has 0 N–H and O–H groups in total. The second-order valence-corrected chi connectivity index (χ2v) is 3.27. The Bertz CT molecular complexity index is 424. The highest BCUT2D eigenvalue weighted by molar-refractivity contribution is 6.33. The standard InChI is InChI=1S/C10H8ClF3O3/c1-2-16-9(15)5-3-8(17-10(13)14)7(12)4-6(5)11/h3-4,10H,2H2,1H3. The molecule has 0 aliphatic carbocycles. The molecule has 0 aliphatic rings. The molecule has 0 saturated carbocycles. The van der Waals surface area contributed by atoms with Gasteiger partial charge in [-0.3, -0.25) is 0 Å². The summed E-state index contributed by atoms with van der Waals surface area (Å²) < 4.78 is 45.5. The van der Waals surface area contributed by atoms with Gasteiger partial charge in [0.1, 0.15) is 0 Å². The average Bonchev–Trinajstić information content (AvgIpc) is 2.21. The number of carbonyl (C=O) groups is 1. The van der Waals surface area contributed by atoms with Gasteiger partial charge in [0.2, 0.25) is 0 Å². The molecule has 0 aromatic heterocycles. The van der Waals surface area contributed by atoms with Crippen molar-refractivity contribution in [3.8, 4) is 5.75 Å². The Morgan fingerprint density at radius 2 is 2.12 bits per heavy atom. The molecule has 0 unspecified atom stereocenters. The van der Waals surface area contributed by atoms with Crippen molar-refractivity contribution in [2.24, 2.45) is 0 Å². The fraction of sp³-hybridized carbons (Fsp3) is 0.300. The lowest BCUT2D eigenvalue weighted by atomic mass is 10.2. The van der Waals surface area contributed by atoms with Crippen LogP contribution in [0.1, 0.15) is 17.3 Å². The van der Waals surface area contributed by atoms with Crippen molar-refractivity contribution >= 4 is 17.6 Å². The van der Waals surface area contributed by atoms with Gasteiger partial charge in [-0.05, 0) is 19.1 Å². The maximum Gasteiger partial charge on any atom is 0.387 e. The summed E-state index contributed by atoms with van der Waals surface area (Å²) in [7, 11) is 0. The first kappa shape index (κ1) is 13.6. The Hall–Kier alpha value is -1.43. The number of carbonyl (C=O) groups excluding carboxylic acids is 1. The number of benzene rings is 1. The molecule has 0 spiro atoms. The molecule has 1 aromatic carbocycles. The minimum absolute atomic E-state index is 0.0809. The van der Waals surface area contributed by atoms with Crippen molar-refractivity contribution in [1.29, 1.82) is 0 Å². The fourth-order valence-electron chi connectivity index (χ4n) is 1.08. The van der Waals surface area contributed by atoms with Gasteiger partial charge < -0.3 is 9.47 Å². The maximum absolute atomic E-state index is 13.1. The monoisotopic (exact) mass is 268 g/mol. The highest BCUT2D eigenvalue weighted by Gasteiger charge is 2.18. The lowest BCUT2D eigenvalue weighted by Crippen LogP contribution is -2.09. The van der Waals surface area contributed by atoms with E-state index < -0.39 is 24.1 Å². The van der Waals surface area contributed by atoms with Crippen LogP contribution in [0.4, 0.5) is 13.2 Å². The van der Waals surface area contributed by atoms with Crippen molar-refractivity contribution in [2.45, 2.75) is 13.5 Å². The van der Waals surface area contributed by atoms with Gasteiger partial charge in [-0.1, -0.05) is 11.6 Å². The van der Waals surface area contributed by atoms with Gasteiger partial charge in [0.05, 0.1) is 17.2 Å². The Kier molecular flexibility index (Phi) is 4.62. The Morgan fingerprint density at radius 1 is 1.47 bits per heavy atom. The SMILES string of the molecule is CCOC(=O)c1cc(OC(F)F)c(F)cc1Cl. The lowest BCUT2D eigenvalue weighted by Gasteiger charge is -2.09. The smallest absolute Gasteiger partial charge is 0.387 e. The van der Waals surface area contributed by atoms with E-state index in [-0.39, 0.29) is 17.2 Å². The molecule has 0 heterocycles. The number of hydrogen-bond donors (Lipinski definition) is 0. The molecule has 1 aromatic rings. The largest absolute Gasteiger partial charge is 0.462 e. The molecule has 0 aliphatic heterocycles.